The molecule has 1 atom stereocenters. The van der Waals surface area contributed by atoms with Crippen LogP contribution < -0.4 is 15.5 Å². The molecule has 0 radical (unpaired) electrons. The average Bonchev–Trinajstić information content (AvgIpc) is 2.46. The first-order valence-electron chi connectivity index (χ1n) is 8.03. The molecule has 0 aromatic carbocycles. The van der Waals surface area contributed by atoms with E-state index in [4.69, 9.17) is 0 Å². The van der Waals surface area contributed by atoms with Crippen molar-refractivity contribution in [3.63, 3.8) is 0 Å². The summed E-state index contributed by atoms with van der Waals surface area (Å²) in [6.45, 7) is 15.5. The summed E-state index contributed by atoms with van der Waals surface area (Å²) < 4.78 is 0. The zero-order valence-electron chi connectivity index (χ0n) is 14.3. The molecule has 0 fully saturated rings. The zero-order chi connectivity index (χ0) is 15.8. The van der Waals surface area contributed by atoms with Crippen molar-refractivity contribution < 1.29 is 0 Å². The summed E-state index contributed by atoms with van der Waals surface area (Å²) in [5.74, 6) is 2.54. The van der Waals surface area contributed by atoms with Crippen LogP contribution in [0.15, 0.2) is 0 Å². The van der Waals surface area contributed by atoms with E-state index in [0.717, 1.165) is 32.0 Å². The Kier molecular flexibility index (Phi) is 7.19. The summed E-state index contributed by atoms with van der Waals surface area (Å²) in [5, 5.41) is 6.62. The third-order valence-electron chi connectivity index (χ3n) is 3.56. The molecule has 0 aliphatic heterocycles. The van der Waals surface area contributed by atoms with Gasteiger partial charge in [0.15, 0.2) is 0 Å². The molecule has 6 heteroatoms. The van der Waals surface area contributed by atoms with E-state index in [1.165, 1.54) is 0 Å². The van der Waals surface area contributed by atoms with Gasteiger partial charge in [-0.05, 0) is 33.1 Å². The fourth-order valence-electron chi connectivity index (χ4n) is 1.76. The number of hydrogen-bond donors (Lipinski definition) is 2. The Bertz CT molecular complexity index is 417. The van der Waals surface area contributed by atoms with E-state index in [9.17, 15) is 0 Å². The Labute approximate surface area is 128 Å². The summed E-state index contributed by atoms with van der Waals surface area (Å²) in [6.07, 6.45) is 1.04. The van der Waals surface area contributed by atoms with Gasteiger partial charge in [0.2, 0.25) is 17.8 Å². The molecule has 1 heterocycles. The van der Waals surface area contributed by atoms with Crippen molar-refractivity contribution in [3.8, 4) is 0 Å². The minimum Gasteiger partial charge on any atom is -0.354 e. The highest BCUT2D eigenvalue weighted by Crippen LogP contribution is 2.15. The Hall–Kier alpha value is -1.59. The van der Waals surface area contributed by atoms with Crippen molar-refractivity contribution >= 4 is 17.8 Å². The molecular weight excluding hydrogens is 264 g/mol. The van der Waals surface area contributed by atoms with Crippen LogP contribution in [0.25, 0.3) is 0 Å². The van der Waals surface area contributed by atoms with Gasteiger partial charge in [-0.25, -0.2) is 0 Å². The first-order chi connectivity index (χ1) is 10.0. The van der Waals surface area contributed by atoms with Gasteiger partial charge in [0.05, 0.1) is 0 Å². The molecule has 0 saturated heterocycles. The molecule has 0 aliphatic rings. The maximum Gasteiger partial charge on any atom is 0.231 e. The Balaban J connectivity index is 3.02. The van der Waals surface area contributed by atoms with E-state index in [0.29, 0.717) is 23.9 Å². The van der Waals surface area contributed by atoms with Gasteiger partial charge in [-0.1, -0.05) is 20.8 Å². The van der Waals surface area contributed by atoms with Gasteiger partial charge in [-0.15, -0.1) is 0 Å². The van der Waals surface area contributed by atoms with Gasteiger partial charge < -0.3 is 15.5 Å². The lowest BCUT2D eigenvalue weighted by Crippen LogP contribution is -2.27. The monoisotopic (exact) mass is 294 g/mol. The molecule has 1 rings (SSSR count). The van der Waals surface area contributed by atoms with Crippen molar-refractivity contribution in [1.82, 2.24) is 15.0 Å². The van der Waals surface area contributed by atoms with Gasteiger partial charge in [0.25, 0.3) is 0 Å². The molecule has 0 spiro atoms. The Morgan fingerprint density at radius 3 is 2.10 bits per heavy atom. The fourth-order valence-corrected chi connectivity index (χ4v) is 1.76. The zero-order valence-corrected chi connectivity index (χ0v) is 14.3. The van der Waals surface area contributed by atoms with Crippen LogP contribution >= 0.6 is 0 Å². The van der Waals surface area contributed by atoms with Crippen LogP contribution in [0.2, 0.25) is 0 Å². The molecule has 120 valence electrons. The van der Waals surface area contributed by atoms with E-state index in [1.807, 2.05) is 0 Å². The van der Waals surface area contributed by atoms with Crippen molar-refractivity contribution in [1.29, 1.82) is 0 Å². The molecule has 1 aromatic heterocycles. The molecule has 21 heavy (non-hydrogen) atoms. The summed E-state index contributed by atoms with van der Waals surface area (Å²) in [4.78, 5) is 15.7. The van der Waals surface area contributed by atoms with E-state index in [2.05, 4.69) is 72.0 Å². The minimum absolute atomic E-state index is 0.316. The third kappa shape index (κ3) is 5.36. The van der Waals surface area contributed by atoms with Crippen molar-refractivity contribution in [2.45, 2.75) is 54.0 Å². The molecule has 2 N–H and O–H groups in total. The second-order valence-corrected chi connectivity index (χ2v) is 5.56. The molecular formula is C15H30N6. The van der Waals surface area contributed by atoms with Crippen molar-refractivity contribution in [2.75, 3.05) is 35.2 Å². The van der Waals surface area contributed by atoms with E-state index in [1.54, 1.807) is 0 Å². The standard InChI is InChI=1S/C15H30N6/c1-7-10-16-13-18-14(17-12(6)11(4)5)20-15(19-13)21(8-2)9-3/h11-12H,7-10H2,1-6H3,(H2,16,17,18,19,20). The van der Waals surface area contributed by atoms with Crippen molar-refractivity contribution in [2.24, 2.45) is 5.92 Å². The smallest absolute Gasteiger partial charge is 0.231 e. The largest absolute Gasteiger partial charge is 0.354 e. The van der Waals surface area contributed by atoms with Gasteiger partial charge in [-0.2, -0.15) is 15.0 Å². The van der Waals surface area contributed by atoms with Crippen LogP contribution in [0, 0.1) is 5.92 Å². The number of hydrogen-bond acceptors (Lipinski definition) is 6. The molecule has 1 aromatic rings. The lowest BCUT2D eigenvalue weighted by atomic mass is 10.1. The third-order valence-corrected chi connectivity index (χ3v) is 3.56. The van der Waals surface area contributed by atoms with Crippen molar-refractivity contribution in [3.05, 3.63) is 0 Å². The van der Waals surface area contributed by atoms with Crippen LogP contribution in [0.1, 0.15) is 48.0 Å². The van der Waals surface area contributed by atoms with Crippen LogP contribution in [0.3, 0.4) is 0 Å². The van der Waals surface area contributed by atoms with E-state index < -0.39 is 0 Å². The highest BCUT2D eigenvalue weighted by atomic mass is 15.3. The predicted molar refractivity (Wildman–Crippen MR) is 90.1 cm³/mol. The van der Waals surface area contributed by atoms with Gasteiger partial charge in [-0.3, -0.25) is 0 Å². The fraction of sp³-hybridized carbons (Fsp3) is 0.800. The quantitative estimate of drug-likeness (QED) is 0.730. The van der Waals surface area contributed by atoms with Crippen LogP contribution in [-0.4, -0.2) is 40.6 Å². The normalized spacial score (nSPS) is 12.3. The molecule has 0 bridgehead atoms. The Morgan fingerprint density at radius 1 is 0.952 bits per heavy atom. The summed E-state index contributed by atoms with van der Waals surface area (Å²) in [7, 11) is 0. The number of anilines is 3. The molecule has 0 aliphatic carbocycles. The van der Waals surface area contributed by atoms with Crippen LogP contribution in [0.4, 0.5) is 17.8 Å². The lowest BCUT2D eigenvalue weighted by Gasteiger charge is -2.22. The number of rotatable bonds is 9. The first kappa shape index (κ1) is 17.5. The highest BCUT2D eigenvalue weighted by molar-refractivity contribution is 5.44. The molecule has 1 unspecified atom stereocenters. The minimum atomic E-state index is 0.316. The predicted octanol–water partition coefficient (Wildman–Crippen LogP) is 3.00. The Morgan fingerprint density at radius 2 is 1.57 bits per heavy atom. The van der Waals surface area contributed by atoms with Gasteiger partial charge in [0.1, 0.15) is 0 Å². The second kappa shape index (κ2) is 8.64. The topological polar surface area (TPSA) is 66.0 Å². The van der Waals surface area contributed by atoms with Crippen LogP contribution in [-0.2, 0) is 0 Å². The highest BCUT2D eigenvalue weighted by Gasteiger charge is 2.14. The molecule has 6 nitrogen and oxygen atoms in total. The number of nitrogens with zero attached hydrogens (tertiary/aromatic N) is 4. The summed E-state index contributed by atoms with van der Waals surface area (Å²) >= 11 is 0. The number of nitrogens with one attached hydrogen (secondary N) is 2. The summed E-state index contributed by atoms with van der Waals surface area (Å²) in [6, 6.07) is 0.316. The van der Waals surface area contributed by atoms with E-state index >= 15 is 0 Å². The first-order valence-corrected chi connectivity index (χ1v) is 8.03. The van der Waals surface area contributed by atoms with Gasteiger partial charge in [0, 0.05) is 25.7 Å². The number of aromatic nitrogens is 3. The second-order valence-electron chi connectivity index (χ2n) is 5.56. The van der Waals surface area contributed by atoms with E-state index in [-0.39, 0.29) is 0 Å². The van der Waals surface area contributed by atoms with Crippen LogP contribution in [0.5, 0.6) is 0 Å². The maximum atomic E-state index is 4.56. The van der Waals surface area contributed by atoms with Gasteiger partial charge >= 0.3 is 0 Å². The molecule has 0 amide bonds. The maximum absolute atomic E-state index is 4.56. The average molecular weight is 294 g/mol. The lowest BCUT2D eigenvalue weighted by molar-refractivity contribution is 0.556. The molecule has 0 saturated carbocycles. The SMILES string of the molecule is CCCNc1nc(NC(C)C(C)C)nc(N(CC)CC)n1. The summed E-state index contributed by atoms with van der Waals surface area (Å²) in [5.41, 5.74) is 0.